The maximum absolute atomic E-state index is 11.5. The second-order valence-corrected chi connectivity index (χ2v) is 5.52. The van der Waals surface area contributed by atoms with Crippen LogP contribution in [-0.4, -0.2) is 11.6 Å². The Hall–Kier alpha value is 1.15. The van der Waals surface area contributed by atoms with Gasteiger partial charge in [-0.2, -0.15) is 0 Å². The smallest absolute Gasteiger partial charge is 0.299 e. The van der Waals surface area contributed by atoms with E-state index in [0.29, 0.717) is 0 Å². The zero-order valence-corrected chi connectivity index (χ0v) is 15.4. The van der Waals surface area contributed by atoms with Crippen LogP contribution in [0.5, 0.6) is 0 Å². The Morgan fingerprint density at radius 2 is 1.00 bits per heavy atom. The van der Waals surface area contributed by atoms with Crippen LogP contribution in [0.15, 0.2) is 0 Å². The molecule has 0 heterocycles. The summed E-state index contributed by atoms with van der Waals surface area (Å²) < 4.78 is 0. The van der Waals surface area contributed by atoms with Crippen molar-refractivity contribution in [2.24, 2.45) is 10.8 Å². The van der Waals surface area contributed by atoms with E-state index in [1.54, 1.807) is 0 Å². The molecular formula is C11H20O2Rb+. The second kappa shape index (κ2) is 6.02. The number of carbonyl (C=O) groups is 2. The molecule has 0 aliphatic carbocycles. The van der Waals surface area contributed by atoms with E-state index in [1.807, 2.05) is 41.5 Å². The van der Waals surface area contributed by atoms with Gasteiger partial charge in [0, 0.05) is 10.8 Å². The molecule has 76 valence electrons. The first kappa shape index (κ1) is 17.5. The maximum Gasteiger partial charge on any atom is 1.00 e. The van der Waals surface area contributed by atoms with Gasteiger partial charge in [0.05, 0.1) is 6.42 Å². The zero-order chi connectivity index (χ0) is 10.9. The molecule has 14 heavy (non-hydrogen) atoms. The van der Waals surface area contributed by atoms with Crippen LogP contribution in [0.3, 0.4) is 0 Å². The molecule has 0 aliphatic rings. The minimum Gasteiger partial charge on any atom is -0.299 e. The van der Waals surface area contributed by atoms with E-state index >= 15 is 0 Å². The summed E-state index contributed by atoms with van der Waals surface area (Å²) >= 11 is 0. The van der Waals surface area contributed by atoms with Crippen molar-refractivity contribution in [3.05, 3.63) is 0 Å². The van der Waals surface area contributed by atoms with Crippen LogP contribution in [0.1, 0.15) is 48.0 Å². The number of Topliss-reactive ketones (excluding diaryl/α,β-unsaturated/α-hetero) is 2. The third-order valence-corrected chi connectivity index (χ3v) is 1.99. The predicted molar refractivity (Wildman–Crippen MR) is 53.5 cm³/mol. The van der Waals surface area contributed by atoms with Crippen LogP contribution in [0.4, 0.5) is 0 Å². The van der Waals surface area contributed by atoms with Gasteiger partial charge >= 0.3 is 58.2 Å². The first-order valence-corrected chi connectivity index (χ1v) is 4.62. The Kier molecular flexibility index (Phi) is 7.54. The fraction of sp³-hybridized carbons (Fsp3) is 0.818. The summed E-state index contributed by atoms with van der Waals surface area (Å²) in [5, 5.41) is 0. The van der Waals surface area contributed by atoms with Crippen LogP contribution in [0, 0.1) is 10.8 Å². The number of rotatable bonds is 2. The first-order valence-electron chi connectivity index (χ1n) is 4.62. The molecule has 0 atom stereocenters. The number of ketones is 2. The second-order valence-electron chi connectivity index (χ2n) is 5.52. The molecule has 0 aromatic heterocycles. The van der Waals surface area contributed by atoms with E-state index < -0.39 is 10.8 Å². The van der Waals surface area contributed by atoms with E-state index in [-0.39, 0.29) is 76.2 Å². The van der Waals surface area contributed by atoms with Crippen molar-refractivity contribution in [2.75, 3.05) is 0 Å². The predicted octanol–water partition coefficient (Wildman–Crippen LogP) is -0.389. The molecule has 0 saturated heterocycles. The third-order valence-electron chi connectivity index (χ3n) is 1.99. The molecule has 0 bridgehead atoms. The molecular weight excluding hydrogens is 250 g/mol. The average Bonchev–Trinajstić information content (AvgIpc) is 1.82. The Morgan fingerprint density at radius 1 is 0.786 bits per heavy atom. The van der Waals surface area contributed by atoms with Gasteiger partial charge in [0.2, 0.25) is 0 Å². The summed E-state index contributed by atoms with van der Waals surface area (Å²) in [6, 6.07) is 0. The minimum atomic E-state index is -0.402. The van der Waals surface area contributed by atoms with Crippen LogP contribution in [-0.2, 0) is 9.59 Å². The molecule has 0 amide bonds. The number of hydrogen-bond donors (Lipinski definition) is 0. The number of carbonyl (C=O) groups excluding carboxylic acids is 2. The molecule has 0 saturated carbocycles. The monoisotopic (exact) mass is 269 g/mol. The Labute approximate surface area is 136 Å². The van der Waals surface area contributed by atoms with Gasteiger partial charge in [-0.25, -0.2) is 0 Å². The fourth-order valence-electron chi connectivity index (χ4n) is 0.676. The number of hydrogen-bond acceptors (Lipinski definition) is 2. The van der Waals surface area contributed by atoms with Gasteiger partial charge in [-0.3, -0.25) is 9.59 Å². The molecule has 0 rings (SSSR count). The maximum atomic E-state index is 11.5. The van der Waals surface area contributed by atoms with Crippen molar-refractivity contribution in [3.8, 4) is 0 Å². The Bertz CT molecular complexity index is 194. The largest absolute Gasteiger partial charge is 1.00 e. The summed E-state index contributed by atoms with van der Waals surface area (Å²) in [5.74, 6) is 0.0415. The third kappa shape index (κ3) is 6.60. The van der Waals surface area contributed by atoms with Crippen LogP contribution >= 0.6 is 0 Å². The summed E-state index contributed by atoms with van der Waals surface area (Å²) in [6.07, 6.45) is 0.0625. The normalized spacial score (nSPS) is 11.9. The van der Waals surface area contributed by atoms with Crippen molar-refractivity contribution in [1.82, 2.24) is 0 Å². The minimum absolute atomic E-state index is 0. The topological polar surface area (TPSA) is 34.1 Å². The molecule has 0 aromatic carbocycles. The van der Waals surface area contributed by atoms with Crippen molar-refractivity contribution in [2.45, 2.75) is 48.0 Å². The molecule has 0 fully saturated rings. The SMILES string of the molecule is CC(C)(C)C(=O)CC(=O)C(C)(C)C.[Rb+]. The zero-order valence-electron chi connectivity index (χ0n) is 10.5. The van der Waals surface area contributed by atoms with Crippen molar-refractivity contribution in [1.29, 1.82) is 0 Å². The summed E-state index contributed by atoms with van der Waals surface area (Å²) in [4.78, 5) is 23.0. The quantitative estimate of drug-likeness (QED) is 0.640. The van der Waals surface area contributed by atoms with Gasteiger partial charge in [0.1, 0.15) is 11.6 Å². The van der Waals surface area contributed by atoms with Gasteiger partial charge < -0.3 is 0 Å². The fourth-order valence-corrected chi connectivity index (χ4v) is 0.676. The molecule has 0 unspecified atom stereocenters. The molecule has 3 heteroatoms. The first-order chi connectivity index (χ1) is 5.55. The molecule has 0 N–H and O–H groups in total. The summed E-state index contributed by atoms with van der Waals surface area (Å²) in [7, 11) is 0. The molecule has 0 spiro atoms. The van der Waals surface area contributed by atoms with E-state index in [9.17, 15) is 9.59 Å². The van der Waals surface area contributed by atoms with Crippen LogP contribution < -0.4 is 58.2 Å². The van der Waals surface area contributed by atoms with E-state index in [2.05, 4.69) is 0 Å². The van der Waals surface area contributed by atoms with Crippen LogP contribution in [0.2, 0.25) is 0 Å². The van der Waals surface area contributed by atoms with Gasteiger partial charge in [-0.15, -0.1) is 0 Å². The average molecular weight is 270 g/mol. The van der Waals surface area contributed by atoms with Gasteiger partial charge in [-0.05, 0) is 0 Å². The molecule has 0 radical (unpaired) electrons. The van der Waals surface area contributed by atoms with Gasteiger partial charge in [-0.1, -0.05) is 41.5 Å². The molecule has 0 aliphatic heterocycles. The van der Waals surface area contributed by atoms with Crippen LogP contribution in [0.25, 0.3) is 0 Å². The van der Waals surface area contributed by atoms with Gasteiger partial charge in [0.25, 0.3) is 0 Å². The van der Waals surface area contributed by atoms with E-state index in [0.717, 1.165) is 0 Å². The summed E-state index contributed by atoms with van der Waals surface area (Å²) in [5.41, 5.74) is -0.804. The standard InChI is InChI=1S/C11H20O2.Rb/c1-10(2,3)8(12)7-9(13)11(4,5)6;/h7H2,1-6H3;/q;+1. The Morgan fingerprint density at radius 3 is 1.14 bits per heavy atom. The van der Waals surface area contributed by atoms with Crippen molar-refractivity contribution < 1.29 is 67.8 Å². The van der Waals surface area contributed by atoms with Crippen molar-refractivity contribution >= 4 is 11.6 Å². The molecule has 2 nitrogen and oxygen atoms in total. The van der Waals surface area contributed by atoms with E-state index in [4.69, 9.17) is 0 Å². The van der Waals surface area contributed by atoms with E-state index in [1.165, 1.54) is 0 Å². The van der Waals surface area contributed by atoms with Gasteiger partial charge in [0.15, 0.2) is 0 Å². The van der Waals surface area contributed by atoms with Crippen molar-refractivity contribution in [3.63, 3.8) is 0 Å². The molecule has 0 aromatic rings. The Balaban J connectivity index is 0. The summed E-state index contributed by atoms with van der Waals surface area (Å²) in [6.45, 7) is 11.0.